The Kier molecular flexibility index (Phi) is 6.39. The maximum Gasteiger partial charge on any atom is 0.290 e. The molecular formula is C26H18N8O2. The van der Waals surface area contributed by atoms with E-state index in [1.54, 1.807) is 24.5 Å². The molecule has 0 spiro atoms. The molecule has 10 nitrogen and oxygen atoms in total. The van der Waals surface area contributed by atoms with Crippen LogP contribution in [-0.4, -0.2) is 44.2 Å². The number of hydrogen-bond donors (Lipinski definition) is 2. The van der Waals surface area contributed by atoms with Crippen LogP contribution in [0.1, 0.15) is 32.1 Å². The molecule has 3 aromatic heterocycles. The molecule has 0 fully saturated rings. The first-order valence-electron chi connectivity index (χ1n) is 10.9. The first-order valence-corrected chi connectivity index (χ1v) is 10.9. The predicted molar refractivity (Wildman–Crippen MR) is 136 cm³/mol. The summed E-state index contributed by atoms with van der Waals surface area (Å²) in [4.78, 5) is 41.4. The molecule has 5 rings (SSSR count). The number of fused-ring (bicyclic) bond motifs is 2. The lowest BCUT2D eigenvalue weighted by molar-refractivity contribution is 0.0948. The zero-order valence-electron chi connectivity index (χ0n) is 18.7. The summed E-state index contributed by atoms with van der Waals surface area (Å²) in [6, 6.07) is 20.1. The van der Waals surface area contributed by atoms with Gasteiger partial charge in [0.05, 0.1) is 23.5 Å². The largest absolute Gasteiger partial charge is 0.290 e. The molecule has 0 bridgehead atoms. The van der Waals surface area contributed by atoms with Gasteiger partial charge in [-0.25, -0.2) is 20.8 Å². The van der Waals surface area contributed by atoms with Gasteiger partial charge in [0.25, 0.3) is 11.8 Å². The van der Waals surface area contributed by atoms with Crippen LogP contribution in [0.3, 0.4) is 0 Å². The van der Waals surface area contributed by atoms with E-state index in [1.165, 1.54) is 18.5 Å². The second kappa shape index (κ2) is 10.3. The average molecular weight is 474 g/mol. The second-order valence-corrected chi connectivity index (χ2v) is 7.52. The third-order valence-corrected chi connectivity index (χ3v) is 5.24. The zero-order chi connectivity index (χ0) is 24.7. The second-order valence-electron chi connectivity index (χ2n) is 7.52. The maximum absolute atomic E-state index is 12.5. The summed E-state index contributed by atoms with van der Waals surface area (Å²) in [7, 11) is 0. The van der Waals surface area contributed by atoms with Crippen molar-refractivity contribution < 1.29 is 9.59 Å². The minimum absolute atomic E-state index is 0.0176. The number of nitrogens with one attached hydrogen (secondary N) is 2. The summed E-state index contributed by atoms with van der Waals surface area (Å²) in [5.41, 5.74) is 8.02. The van der Waals surface area contributed by atoms with E-state index in [-0.39, 0.29) is 11.4 Å². The third kappa shape index (κ3) is 4.92. The van der Waals surface area contributed by atoms with Gasteiger partial charge in [-0.3, -0.25) is 19.6 Å². The SMILES string of the molecule is O=C(N/N=C/c1ccnc2ccccc12)c1cc(C(=O)N/N=C/c2ccnc3ccccc23)ncn1. The van der Waals surface area contributed by atoms with Crippen LogP contribution in [0.5, 0.6) is 0 Å². The highest BCUT2D eigenvalue weighted by Gasteiger charge is 2.12. The summed E-state index contributed by atoms with van der Waals surface area (Å²) < 4.78 is 0. The number of pyridine rings is 2. The molecule has 174 valence electrons. The molecule has 0 unspecified atom stereocenters. The number of hydrogen-bond acceptors (Lipinski definition) is 8. The minimum Gasteiger partial charge on any atom is -0.266 e. The lowest BCUT2D eigenvalue weighted by Crippen LogP contribution is -2.23. The number of carbonyl (C=O) groups excluding carboxylic acids is 2. The molecule has 0 saturated heterocycles. The van der Waals surface area contributed by atoms with Gasteiger partial charge in [-0.05, 0) is 24.3 Å². The van der Waals surface area contributed by atoms with Crippen molar-refractivity contribution in [1.82, 2.24) is 30.8 Å². The highest BCUT2D eigenvalue weighted by molar-refractivity contribution is 6.01. The Morgan fingerprint density at radius 1 is 0.639 bits per heavy atom. The van der Waals surface area contributed by atoms with Gasteiger partial charge in [-0.15, -0.1) is 0 Å². The van der Waals surface area contributed by atoms with Crippen molar-refractivity contribution in [3.8, 4) is 0 Å². The van der Waals surface area contributed by atoms with E-state index in [2.05, 4.69) is 41.0 Å². The fraction of sp³-hybridized carbons (Fsp3) is 0. The van der Waals surface area contributed by atoms with Gasteiger partial charge >= 0.3 is 0 Å². The summed E-state index contributed by atoms with van der Waals surface area (Å²) in [6.07, 6.45) is 7.51. The predicted octanol–water partition coefficient (Wildman–Crippen LogP) is 3.10. The van der Waals surface area contributed by atoms with Crippen molar-refractivity contribution in [2.45, 2.75) is 0 Å². The van der Waals surface area contributed by atoms with Crippen LogP contribution < -0.4 is 10.9 Å². The van der Waals surface area contributed by atoms with E-state index in [0.717, 1.165) is 39.3 Å². The van der Waals surface area contributed by atoms with Gasteiger partial charge in [0, 0.05) is 40.4 Å². The summed E-state index contributed by atoms with van der Waals surface area (Å²) in [6.45, 7) is 0. The molecule has 3 heterocycles. The van der Waals surface area contributed by atoms with E-state index in [1.807, 2.05) is 48.5 Å². The van der Waals surface area contributed by atoms with E-state index in [9.17, 15) is 9.59 Å². The number of hydrazone groups is 2. The molecule has 0 aliphatic carbocycles. The number of benzene rings is 2. The normalized spacial score (nSPS) is 11.3. The van der Waals surface area contributed by atoms with Gasteiger partial charge in [0.2, 0.25) is 0 Å². The van der Waals surface area contributed by atoms with Crippen molar-refractivity contribution in [3.63, 3.8) is 0 Å². The molecule has 0 saturated carbocycles. The highest BCUT2D eigenvalue weighted by Crippen LogP contribution is 2.15. The van der Waals surface area contributed by atoms with E-state index < -0.39 is 11.8 Å². The van der Waals surface area contributed by atoms with Crippen molar-refractivity contribution in [2.24, 2.45) is 10.2 Å². The molecule has 2 amide bonds. The van der Waals surface area contributed by atoms with Crippen LogP contribution in [0.15, 0.2) is 95.7 Å². The van der Waals surface area contributed by atoms with Crippen molar-refractivity contribution in [3.05, 3.63) is 108 Å². The van der Waals surface area contributed by atoms with Gasteiger partial charge in [0.1, 0.15) is 17.7 Å². The Morgan fingerprint density at radius 2 is 1.11 bits per heavy atom. The lowest BCUT2D eigenvalue weighted by Gasteiger charge is -2.03. The molecule has 0 atom stereocenters. The number of aromatic nitrogens is 4. The number of carbonyl (C=O) groups is 2. The topological polar surface area (TPSA) is 134 Å². The molecule has 2 N–H and O–H groups in total. The Bertz CT molecular complexity index is 1520. The summed E-state index contributed by atoms with van der Waals surface area (Å²) in [5, 5.41) is 9.82. The van der Waals surface area contributed by atoms with Crippen LogP contribution in [0, 0.1) is 0 Å². The fourth-order valence-electron chi connectivity index (χ4n) is 3.50. The molecule has 2 aromatic carbocycles. The van der Waals surface area contributed by atoms with Gasteiger partial charge in [-0.1, -0.05) is 36.4 Å². The quantitative estimate of drug-likeness (QED) is 0.287. The third-order valence-electron chi connectivity index (χ3n) is 5.24. The van der Waals surface area contributed by atoms with Crippen molar-refractivity contribution in [1.29, 1.82) is 0 Å². The van der Waals surface area contributed by atoms with Crippen LogP contribution in [0.2, 0.25) is 0 Å². The van der Waals surface area contributed by atoms with E-state index >= 15 is 0 Å². The number of rotatable bonds is 6. The van der Waals surface area contributed by atoms with Crippen molar-refractivity contribution in [2.75, 3.05) is 0 Å². The molecule has 36 heavy (non-hydrogen) atoms. The molecule has 10 heteroatoms. The van der Waals surface area contributed by atoms with Crippen LogP contribution in [0.25, 0.3) is 21.8 Å². The Hall–Kier alpha value is -5.38. The monoisotopic (exact) mass is 474 g/mol. The smallest absolute Gasteiger partial charge is 0.266 e. The fourth-order valence-corrected chi connectivity index (χ4v) is 3.50. The molecule has 0 aliphatic heterocycles. The van der Waals surface area contributed by atoms with Crippen molar-refractivity contribution >= 4 is 46.0 Å². The Morgan fingerprint density at radius 3 is 1.61 bits per heavy atom. The number of para-hydroxylation sites is 2. The number of amides is 2. The molecular weight excluding hydrogens is 456 g/mol. The van der Waals surface area contributed by atoms with Crippen LogP contribution in [-0.2, 0) is 0 Å². The van der Waals surface area contributed by atoms with Gasteiger partial charge in [-0.2, -0.15) is 10.2 Å². The standard InChI is InChI=1S/C26H18N8O2/c35-25(33-31-14-17-9-11-27-21-7-3-1-5-19(17)21)23-13-24(30-16-29-23)26(36)34-32-15-18-10-12-28-22-8-4-2-6-20(18)22/h1-16H,(H,33,35)(H,34,36)/b31-14+,32-15+. The highest BCUT2D eigenvalue weighted by atomic mass is 16.2. The molecule has 0 radical (unpaired) electrons. The number of nitrogens with zero attached hydrogens (tertiary/aromatic N) is 6. The van der Waals surface area contributed by atoms with E-state index in [4.69, 9.17) is 0 Å². The Labute approximate surface area is 204 Å². The first-order chi connectivity index (χ1) is 17.7. The van der Waals surface area contributed by atoms with Gasteiger partial charge in [0.15, 0.2) is 0 Å². The summed E-state index contributed by atoms with van der Waals surface area (Å²) >= 11 is 0. The van der Waals surface area contributed by atoms with E-state index in [0.29, 0.717) is 0 Å². The minimum atomic E-state index is -0.590. The average Bonchev–Trinajstić information content (AvgIpc) is 2.93. The zero-order valence-corrected chi connectivity index (χ0v) is 18.7. The maximum atomic E-state index is 12.5. The van der Waals surface area contributed by atoms with Gasteiger partial charge < -0.3 is 0 Å². The van der Waals surface area contributed by atoms with Crippen LogP contribution in [0.4, 0.5) is 0 Å². The summed E-state index contributed by atoms with van der Waals surface area (Å²) in [5.74, 6) is -1.18. The lowest BCUT2D eigenvalue weighted by atomic mass is 10.1. The first kappa shape index (κ1) is 22.4. The molecule has 5 aromatic rings. The molecule has 0 aliphatic rings. The van der Waals surface area contributed by atoms with Crippen LogP contribution >= 0.6 is 0 Å². The Balaban J connectivity index is 1.24.